The van der Waals surface area contributed by atoms with Crippen molar-refractivity contribution in [3.8, 4) is 0 Å². The van der Waals surface area contributed by atoms with E-state index in [2.05, 4.69) is 18.8 Å². The quantitative estimate of drug-likeness (QED) is 0.919. The van der Waals surface area contributed by atoms with E-state index in [4.69, 9.17) is 5.73 Å². The summed E-state index contributed by atoms with van der Waals surface area (Å²) in [7, 11) is 0. The number of pyridine rings is 1. The number of hydrogen-bond donors (Lipinski definition) is 1. The molecule has 0 bridgehead atoms. The Labute approximate surface area is 121 Å². The van der Waals surface area contributed by atoms with E-state index in [-0.39, 0.29) is 5.91 Å². The van der Waals surface area contributed by atoms with E-state index in [1.54, 1.807) is 12.3 Å². The van der Waals surface area contributed by atoms with Gasteiger partial charge in [-0.25, -0.2) is 0 Å². The Morgan fingerprint density at radius 2 is 2.10 bits per heavy atom. The first-order valence-corrected chi connectivity index (χ1v) is 7.52. The van der Waals surface area contributed by atoms with Crippen molar-refractivity contribution < 1.29 is 4.79 Å². The van der Waals surface area contributed by atoms with Crippen LogP contribution in [0.5, 0.6) is 0 Å². The van der Waals surface area contributed by atoms with Crippen LogP contribution in [0.15, 0.2) is 12.3 Å². The number of carbonyl (C=O) groups excluding carboxylic acids is 1. The highest BCUT2D eigenvalue weighted by Crippen LogP contribution is 2.26. The molecule has 0 spiro atoms. The van der Waals surface area contributed by atoms with Gasteiger partial charge in [-0.2, -0.15) is 0 Å². The van der Waals surface area contributed by atoms with E-state index in [0.29, 0.717) is 23.2 Å². The lowest BCUT2D eigenvalue weighted by Crippen LogP contribution is -2.41. The second kappa shape index (κ2) is 6.25. The van der Waals surface area contributed by atoms with Crippen LogP contribution in [0.2, 0.25) is 0 Å². The summed E-state index contributed by atoms with van der Waals surface area (Å²) < 4.78 is 0. The van der Waals surface area contributed by atoms with Crippen LogP contribution in [-0.4, -0.2) is 28.4 Å². The number of hydrogen-bond acceptors (Lipinski definition) is 3. The van der Waals surface area contributed by atoms with Gasteiger partial charge >= 0.3 is 0 Å². The Morgan fingerprint density at radius 3 is 2.65 bits per heavy atom. The molecular formula is C16H25N3O. The SMILES string of the molecule is Cc1cc(N)c(C(=O)N(CC(C)C)C2CCCC2)cn1. The minimum atomic E-state index is 0.0376. The summed E-state index contributed by atoms with van der Waals surface area (Å²) in [5.74, 6) is 0.495. The van der Waals surface area contributed by atoms with Gasteiger partial charge in [0.1, 0.15) is 0 Å². The van der Waals surface area contributed by atoms with Crippen molar-refractivity contribution in [1.29, 1.82) is 0 Å². The Balaban J connectivity index is 2.24. The van der Waals surface area contributed by atoms with Crippen molar-refractivity contribution in [2.75, 3.05) is 12.3 Å². The molecule has 1 fully saturated rings. The van der Waals surface area contributed by atoms with Gasteiger partial charge in [-0.15, -0.1) is 0 Å². The van der Waals surface area contributed by atoms with Gasteiger partial charge in [0.2, 0.25) is 0 Å². The van der Waals surface area contributed by atoms with Gasteiger partial charge in [0, 0.05) is 30.2 Å². The molecule has 1 aliphatic carbocycles. The molecule has 0 radical (unpaired) electrons. The van der Waals surface area contributed by atoms with Crippen LogP contribution < -0.4 is 5.73 Å². The Kier molecular flexibility index (Phi) is 4.63. The van der Waals surface area contributed by atoms with E-state index >= 15 is 0 Å². The topological polar surface area (TPSA) is 59.2 Å². The summed E-state index contributed by atoms with van der Waals surface area (Å²) in [6.45, 7) is 6.96. The molecule has 0 unspecified atom stereocenters. The zero-order valence-corrected chi connectivity index (χ0v) is 12.7. The monoisotopic (exact) mass is 275 g/mol. The molecule has 0 aliphatic heterocycles. The van der Waals surface area contributed by atoms with Crippen molar-refractivity contribution in [3.05, 3.63) is 23.5 Å². The van der Waals surface area contributed by atoms with Crippen LogP contribution in [0, 0.1) is 12.8 Å². The van der Waals surface area contributed by atoms with Crippen LogP contribution in [0.1, 0.15) is 55.6 Å². The molecule has 1 heterocycles. The lowest BCUT2D eigenvalue weighted by Gasteiger charge is -2.31. The first-order chi connectivity index (χ1) is 9.49. The highest BCUT2D eigenvalue weighted by Gasteiger charge is 2.28. The maximum Gasteiger partial charge on any atom is 0.257 e. The zero-order chi connectivity index (χ0) is 14.7. The minimum Gasteiger partial charge on any atom is -0.398 e. The fourth-order valence-corrected chi connectivity index (χ4v) is 2.92. The maximum absolute atomic E-state index is 12.8. The number of anilines is 1. The Hall–Kier alpha value is -1.58. The molecule has 2 N–H and O–H groups in total. The number of rotatable bonds is 4. The molecule has 1 aromatic rings. The standard InChI is InChI=1S/C16H25N3O/c1-11(2)10-19(13-6-4-5-7-13)16(20)14-9-18-12(3)8-15(14)17/h8-9,11,13H,4-7,10H2,1-3H3,(H2,17,18). The predicted molar refractivity (Wildman–Crippen MR) is 81.5 cm³/mol. The van der Waals surface area contributed by atoms with Gasteiger partial charge in [0.15, 0.2) is 0 Å². The summed E-state index contributed by atoms with van der Waals surface area (Å²) in [4.78, 5) is 19.0. The second-order valence-corrected chi connectivity index (χ2v) is 6.20. The molecule has 0 aromatic carbocycles. The minimum absolute atomic E-state index is 0.0376. The average Bonchev–Trinajstić information content (AvgIpc) is 2.88. The number of aromatic nitrogens is 1. The third-order valence-corrected chi connectivity index (χ3v) is 3.89. The lowest BCUT2D eigenvalue weighted by atomic mass is 10.1. The number of nitrogens with two attached hydrogens (primary N) is 1. The van der Waals surface area contributed by atoms with Gasteiger partial charge in [0.05, 0.1) is 5.56 Å². The van der Waals surface area contributed by atoms with E-state index in [0.717, 1.165) is 25.1 Å². The van der Waals surface area contributed by atoms with Gasteiger partial charge in [0.25, 0.3) is 5.91 Å². The summed E-state index contributed by atoms with van der Waals surface area (Å²) in [5, 5.41) is 0. The van der Waals surface area contributed by atoms with Crippen LogP contribution in [-0.2, 0) is 0 Å². The summed E-state index contributed by atoms with van der Waals surface area (Å²) >= 11 is 0. The molecule has 2 rings (SSSR count). The highest BCUT2D eigenvalue weighted by atomic mass is 16.2. The van der Waals surface area contributed by atoms with Crippen molar-refractivity contribution in [2.45, 2.75) is 52.5 Å². The molecule has 1 aromatic heterocycles. The predicted octanol–water partition coefficient (Wildman–Crippen LogP) is 3.01. The molecule has 0 atom stereocenters. The highest BCUT2D eigenvalue weighted by molar-refractivity contribution is 5.99. The van der Waals surface area contributed by atoms with Crippen molar-refractivity contribution >= 4 is 11.6 Å². The van der Waals surface area contributed by atoms with Crippen molar-refractivity contribution in [2.24, 2.45) is 5.92 Å². The van der Waals surface area contributed by atoms with Gasteiger partial charge in [-0.05, 0) is 31.7 Å². The number of nitrogen functional groups attached to an aromatic ring is 1. The lowest BCUT2D eigenvalue weighted by molar-refractivity contribution is 0.0656. The van der Waals surface area contributed by atoms with Gasteiger partial charge < -0.3 is 10.6 Å². The second-order valence-electron chi connectivity index (χ2n) is 6.20. The molecule has 4 heteroatoms. The summed E-state index contributed by atoms with van der Waals surface area (Å²) in [6, 6.07) is 2.14. The Morgan fingerprint density at radius 1 is 1.45 bits per heavy atom. The molecule has 1 aliphatic rings. The van der Waals surface area contributed by atoms with Gasteiger partial charge in [-0.1, -0.05) is 26.7 Å². The number of carbonyl (C=O) groups is 1. The van der Waals surface area contributed by atoms with Gasteiger partial charge in [-0.3, -0.25) is 9.78 Å². The molecular weight excluding hydrogens is 250 g/mol. The zero-order valence-electron chi connectivity index (χ0n) is 12.7. The number of aryl methyl sites for hydroxylation is 1. The Bertz CT molecular complexity index is 479. The molecule has 4 nitrogen and oxygen atoms in total. The fourth-order valence-electron chi connectivity index (χ4n) is 2.92. The first-order valence-electron chi connectivity index (χ1n) is 7.52. The van der Waals surface area contributed by atoms with E-state index < -0.39 is 0 Å². The van der Waals surface area contributed by atoms with E-state index in [9.17, 15) is 4.79 Å². The largest absolute Gasteiger partial charge is 0.398 e. The third-order valence-electron chi connectivity index (χ3n) is 3.89. The molecule has 0 saturated heterocycles. The molecule has 110 valence electrons. The third kappa shape index (κ3) is 3.30. The van der Waals surface area contributed by atoms with Crippen LogP contribution in [0.4, 0.5) is 5.69 Å². The first kappa shape index (κ1) is 14.8. The van der Waals surface area contributed by atoms with Crippen molar-refractivity contribution in [3.63, 3.8) is 0 Å². The molecule has 1 amide bonds. The number of nitrogens with zero attached hydrogens (tertiary/aromatic N) is 2. The number of amides is 1. The maximum atomic E-state index is 12.8. The fraction of sp³-hybridized carbons (Fsp3) is 0.625. The van der Waals surface area contributed by atoms with Crippen LogP contribution >= 0.6 is 0 Å². The summed E-state index contributed by atoms with van der Waals surface area (Å²) in [6.07, 6.45) is 6.27. The average molecular weight is 275 g/mol. The van der Waals surface area contributed by atoms with Crippen molar-refractivity contribution in [1.82, 2.24) is 9.88 Å². The molecule has 20 heavy (non-hydrogen) atoms. The van der Waals surface area contributed by atoms with E-state index in [1.165, 1.54) is 12.8 Å². The van der Waals surface area contributed by atoms with E-state index in [1.807, 2.05) is 11.8 Å². The van der Waals surface area contributed by atoms with Crippen LogP contribution in [0.25, 0.3) is 0 Å². The summed E-state index contributed by atoms with van der Waals surface area (Å²) in [5.41, 5.74) is 7.93. The normalized spacial score (nSPS) is 15.8. The molecule has 1 saturated carbocycles. The smallest absolute Gasteiger partial charge is 0.257 e. The van der Waals surface area contributed by atoms with Crippen LogP contribution in [0.3, 0.4) is 0 Å².